The summed E-state index contributed by atoms with van der Waals surface area (Å²) in [5.74, 6) is 0.912. The van der Waals surface area contributed by atoms with Gasteiger partial charge in [-0.05, 0) is 50.9 Å². The molecule has 0 bridgehead atoms. The first-order valence-electron chi connectivity index (χ1n) is 6.58. The molecular weight excluding hydrogens is 226 g/mol. The molecule has 0 unspecified atom stereocenters. The lowest BCUT2D eigenvalue weighted by atomic mass is 10.0. The number of rotatable bonds is 4. The molecule has 1 aliphatic heterocycles. The molecule has 3 nitrogen and oxygen atoms in total. The van der Waals surface area contributed by atoms with E-state index in [1.165, 1.54) is 18.4 Å². The Hall–Kier alpha value is -1.06. The molecular formula is C15H23NO2. The van der Waals surface area contributed by atoms with Crippen molar-refractivity contribution in [1.82, 2.24) is 4.90 Å². The number of benzene rings is 1. The van der Waals surface area contributed by atoms with E-state index in [1.807, 2.05) is 18.2 Å². The van der Waals surface area contributed by atoms with Crippen molar-refractivity contribution in [3.8, 4) is 5.75 Å². The Morgan fingerprint density at radius 3 is 2.72 bits per heavy atom. The van der Waals surface area contributed by atoms with Crippen molar-refractivity contribution in [2.45, 2.75) is 45.4 Å². The summed E-state index contributed by atoms with van der Waals surface area (Å²) in [5, 5.41) is 9.23. The SMILES string of the molecule is COc1ccc(CO)cc1CN1CCCC1(C)C. The highest BCUT2D eigenvalue weighted by Gasteiger charge is 2.32. The quantitative estimate of drug-likeness (QED) is 0.890. The second kappa shape index (κ2) is 5.29. The average Bonchev–Trinajstić information content (AvgIpc) is 2.68. The third-order valence-electron chi connectivity index (χ3n) is 3.96. The fourth-order valence-electron chi connectivity index (χ4n) is 2.72. The van der Waals surface area contributed by atoms with Crippen molar-refractivity contribution in [2.75, 3.05) is 13.7 Å². The van der Waals surface area contributed by atoms with E-state index in [1.54, 1.807) is 7.11 Å². The van der Waals surface area contributed by atoms with Crippen LogP contribution in [0.2, 0.25) is 0 Å². The molecule has 1 N–H and O–H groups in total. The van der Waals surface area contributed by atoms with Crippen LogP contribution in [0.4, 0.5) is 0 Å². The van der Waals surface area contributed by atoms with E-state index in [4.69, 9.17) is 4.74 Å². The molecule has 0 aliphatic carbocycles. The molecule has 0 aromatic heterocycles. The predicted molar refractivity (Wildman–Crippen MR) is 72.6 cm³/mol. The van der Waals surface area contributed by atoms with Crippen molar-refractivity contribution in [1.29, 1.82) is 0 Å². The number of ether oxygens (including phenoxy) is 1. The van der Waals surface area contributed by atoms with Crippen molar-refractivity contribution in [3.05, 3.63) is 29.3 Å². The molecule has 2 rings (SSSR count). The van der Waals surface area contributed by atoms with E-state index in [9.17, 15) is 5.11 Å². The number of likely N-dealkylation sites (tertiary alicyclic amines) is 1. The van der Waals surface area contributed by atoms with Gasteiger partial charge in [-0.25, -0.2) is 0 Å². The molecule has 0 radical (unpaired) electrons. The van der Waals surface area contributed by atoms with Gasteiger partial charge in [0.15, 0.2) is 0 Å². The molecule has 0 spiro atoms. The summed E-state index contributed by atoms with van der Waals surface area (Å²) in [6.07, 6.45) is 2.50. The van der Waals surface area contributed by atoms with Gasteiger partial charge >= 0.3 is 0 Å². The highest BCUT2D eigenvalue weighted by Crippen LogP contribution is 2.32. The van der Waals surface area contributed by atoms with Crippen LogP contribution in [0.1, 0.15) is 37.8 Å². The Morgan fingerprint density at radius 2 is 2.17 bits per heavy atom. The molecule has 1 fully saturated rings. The maximum atomic E-state index is 9.23. The second-order valence-electron chi connectivity index (χ2n) is 5.64. The van der Waals surface area contributed by atoms with E-state index < -0.39 is 0 Å². The van der Waals surface area contributed by atoms with Gasteiger partial charge in [0.2, 0.25) is 0 Å². The van der Waals surface area contributed by atoms with Gasteiger partial charge in [0.25, 0.3) is 0 Å². The normalized spacial score (nSPS) is 19.1. The zero-order valence-corrected chi connectivity index (χ0v) is 11.6. The minimum absolute atomic E-state index is 0.0837. The Balaban J connectivity index is 2.21. The third-order valence-corrected chi connectivity index (χ3v) is 3.96. The lowest BCUT2D eigenvalue weighted by Gasteiger charge is -2.32. The van der Waals surface area contributed by atoms with Crippen molar-refractivity contribution >= 4 is 0 Å². The van der Waals surface area contributed by atoms with E-state index >= 15 is 0 Å². The number of nitrogens with zero attached hydrogens (tertiary/aromatic N) is 1. The molecule has 1 aromatic carbocycles. The summed E-state index contributed by atoms with van der Waals surface area (Å²) in [6.45, 7) is 6.70. The van der Waals surface area contributed by atoms with Gasteiger partial charge in [0, 0.05) is 17.6 Å². The van der Waals surface area contributed by atoms with E-state index in [-0.39, 0.29) is 12.1 Å². The molecule has 3 heteroatoms. The van der Waals surface area contributed by atoms with E-state index in [2.05, 4.69) is 18.7 Å². The number of hydrogen-bond acceptors (Lipinski definition) is 3. The summed E-state index contributed by atoms with van der Waals surface area (Å²) in [4.78, 5) is 2.49. The fourth-order valence-corrected chi connectivity index (χ4v) is 2.72. The Bertz CT molecular complexity index is 415. The Labute approximate surface area is 109 Å². The maximum Gasteiger partial charge on any atom is 0.123 e. The van der Waals surface area contributed by atoms with Crippen molar-refractivity contribution in [3.63, 3.8) is 0 Å². The van der Waals surface area contributed by atoms with Crippen LogP contribution in [-0.4, -0.2) is 29.2 Å². The van der Waals surface area contributed by atoms with Crippen LogP contribution in [0, 0.1) is 0 Å². The van der Waals surface area contributed by atoms with Gasteiger partial charge in [-0.1, -0.05) is 6.07 Å². The summed E-state index contributed by atoms with van der Waals surface area (Å²) in [7, 11) is 1.70. The molecule has 100 valence electrons. The van der Waals surface area contributed by atoms with Crippen LogP contribution >= 0.6 is 0 Å². The molecule has 18 heavy (non-hydrogen) atoms. The minimum atomic E-state index is 0.0837. The van der Waals surface area contributed by atoms with Crippen molar-refractivity contribution in [2.24, 2.45) is 0 Å². The van der Waals surface area contributed by atoms with Gasteiger partial charge in [-0.2, -0.15) is 0 Å². The lowest BCUT2D eigenvalue weighted by molar-refractivity contribution is 0.164. The van der Waals surface area contributed by atoms with Gasteiger partial charge < -0.3 is 9.84 Å². The van der Waals surface area contributed by atoms with Gasteiger partial charge in [-0.3, -0.25) is 4.90 Å². The third kappa shape index (κ3) is 2.68. The zero-order valence-electron chi connectivity index (χ0n) is 11.6. The van der Waals surface area contributed by atoms with Crippen LogP contribution in [0.25, 0.3) is 0 Å². The lowest BCUT2D eigenvalue weighted by Crippen LogP contribution is -2.37. The standard InChI is InChI=1S/C15H23NO2/c1-15(2)7-4-8-16(15)10-13-9-12(11-17)5-6-14(13)18-3/h5-6,9,17H,4,7-8,10-11H2,1-3H3. The monoisotopic (exact) mass is 249 g/mol. The maximum absolute atomic E-state index is 9.23. The summed E-state index contributed by atoms with van der Waals surface area (Å²) in [6, 6.07) is 5.91. The summed E-state index contributed by atoms with van der Waals surface area (Å²) in [5.41, 5.74) is 2.38. The molecule has 0 amide bonds. The first-order chi connectivity index (χ1) is 8.56. The average molecular weight is 249 g/mol. The predicted octanol–water partition coefficient (Wildman–Crippen LogP) is 2.56. The van der Waals surface area contributed by atoms with E-state index in [0.717, 1.165) is 24.4 Å². The minimum Gasteiger partial charge on any atom is -0.496 e. The number of methoxy groups -OCH3 is 1. The van der Waals surface area contributed by atoms with Crippen LogP contribution in [0.3, 0.4) is 0 Å². The number of aliphatic hydroxyl groups excluding tert-OH is 1. The molecule has 0 atom stereocenters. The van der Waals surface area contributed by atoms with Gasteiger partial charge in [0.1, 0.15) is 5.75 Å². The first-order valence-corrected chi connectivity index (χ1v) is 6.58. The van der Waals surface area contributed by atoms with E-state index in [0.29, 0.717) is 0 Å². The highest BCUT2D eigenvalue weighted by atomic mass is 16.5. The molecule has 1 aromatic rings. The molecule has 0 saturated carbocycles. The Morgan fingerprint density at radius 1 is 1.39 bits per heavy atom. The van der Waals surface area contributed by atoms with Crippen LogP contribution in [-0.2, 0) is 13.2 Å². The van der Waals surface area contributed by atoms with Crippen LogP contribution in [0.15, 0.2) is 18.2 Å². The highest BCUT2D eigenvalue weighted by molar-refractivity contribution is 5.37. The van der Waals surface area contributed by atoms with Crippen LogP contribution < -0.4 is 4.74 Å². The van der Waals surface area contributed by atoms with Gasteiger partial charge in [0.05, 0.1) is 13.7 Å². The first kappa shape index (κ1) is 13.4. The van der Waals surface area contributed by atoms with Crippen molar-refractivity contribution < 1.29 is 9.84 Å². The molecule has 1 saturated heterocycles. The largest absolute Gasteiger partial charge is 0.496 e. The molecule has 1 heterocycles. The summed E-state index contributed by atoms with van der Waals surface area (Å²) >= 11 is 0. The smallest absolute Gasteiger partial charge is 0.123 e. The Kier molecular flexibility index (Phi) is 3.93. The fraction of sp³-hybridized carbons (Fsp3) is 0.600. The summed E-state index contributed by atoms with van der Waals surface area (Å²) < 4.78 is 5.41. The zero-order chi connectivity index (χ0) is 13.2. The topological polar surface area (TPSA) is 32.7 Å². The molecule has 1 aliphatic rings. The second-order valence-corrected chi connectivity index (χ2v) is 5.64. The number of hydrogen-bond donors (Lipinski definition) is 1. The number of aliphatic hydroxyl groups is 1. The van der Waals surface area contributed by atoms with Gasteiger partial charge in [-0.15, -0.1) is 0 Å². The van der Waals surface area contributed by atoms with Crippen LogP contribution in [0.5, 0.6) is 5.75 Å².